The highest BCUT2D eigenvalue weighted by atomic mass is 19.1. The van der Waals surface area contributed by atoms with Crippen molar-refractivity contribution >= 4 is 11.5 Å². The molecule has 0 fully saturated rings. The lowest BCUT2D eigenvalue weighted by atomic mass is 9.72. The smallest absolute Gasteiger partial charge is 0.220 e. The topological polar surface area (TPSA) is 46.3 Å². The second kappa shape index (κ2) is 8.01. The van der Waals surface area contributed by atoms with Gasteiger partial charge in [-0.2, -0.15) is 0 Å². The number of nitrogens with two attached hydrogens (primary N) is 1. The summed E-state index contributed by atoms with van der Waals surface area (Å²) in [5, 5.41) is 0. The molecule has 3 rings (SSSR count). The van der Waals surface area contributed by atoms with Crippen LogP contribution in [0.4, 0.5) is 8.78 Å². The third kappa shape index (κ3) is 3.52. The minimum Gasteiger partial charge on any atom is -0.330 e. The maximum absolute atomic E-state index is 14.7. The number of carbonyl (C=O) groups excluding carboxylic acids is 1. The number of benzene rings is 2. The lowest BCUT2D eigenvalue weighted by Crippen LogP contribution is -2.52. The van der Waals surface area contributed by atoms with E-state index in [1.807, 2.05) is 36.4 Å². The zero-order valence-corrected chi connectivity index (χ0v) is 15.4. The molecule has 5 heteroatoms. The summed E-state index contributed by atoms with van der Waals surface area (Å²) in [6.45, 7) is 2.49. The molecule has 1 aliphatic heterocycles. The molecule has 1 heterocycles. The first kappa shape index (κ1) is 19.2. The average molecular weight is 370 g/mol. The number of rotatable bonds is 5. The van der Waals surface area contributed by atoms with E-state index >= 15 is 0 Å². The van der Waals surface area contributed by atoms with E-state index in [9.17, 15) is 13.6 Å². The summed E-state index contributed by atoms with van der Waals surface area (Å²) in [5.41, 5.74) is 6.61. The van der Waals surface area contributed by atoms with Crippen LogP contribution >= 0.6 is 0 Å². The molecule has 2 aromatic carbocycles. The van der Waals surface area contributed by atoms with Gasteiger partial charge < -0.3 is 10.6 Å². The van der Waals surface area contributed by atoms with Crippen LogP contribution in [-0.2, 0) is 10.3 Å². The van der Waals surface area contributed by atoms with E-state index in [-0.39, 0.29) is 11.5 Å². The summed E-state index contributed by atoms with van der Waals surface area (Å²) in [4.78, 5) is 14.4. The molecule has 0 aromatic heterocycles. The van der Waals surface area contributed by atoms with Crippen LogP contribution < -0.4 is 5.73 Å². The Morgan fingerprint density at radius 1 is 1.19 bits per heavy atom. The van der Waals surface area contributed by atoms with Crippen molar-refractivity contribution in [1.82, 2.24) is 4.90 Å². The zero-order valence-electron chi connectivity index (χ0n) is 15.4. The number of halogens is 2. The Bertz CT molecular complexity index is 851. The van der Waals surface area contributed by atoms with Gasteiger partial charge in [0.1, 0.15) is 11.6 Å². The van der Waals surface area contributed by atoms with Crippen molar-refractivity contribution in [2.24, 2.45) is 5.73 Å². The van der Waals surface area contributed by atoms with Gasteiger partial charge in [-0.1, -0.05) is 36.4 Å². The monoisotopic (exact) mass is 370 g/mol. The standard InChI is InChI=1S/C22H24F2N2O/c1-16(27)26-14-5-9-20(19-15-18(23)10-11-21(19)24)22(26,12-6-13-25)17-7-3-2-4-8-17/h2-4,7-11,15H,5-6,12-14,25H2,1H3. The van der Waals surface area contributed by atoms with Gasteiger partial charge in [-0.15, -0.1) is 0 Å². The minimum atomic E-state index is -0.876. The Morgan fingerprint density at radius 2 is 1.93 bits per heavy atom. The second-order valence-electron chi connectivity index (χ2n) is 6.82. The van der Waals surface area contributed by atoms with Crippen molar-refractivity contribution in [1.29, 1.82) is 0 Å². The zero-order chi connectivity index (χ0) is 19.4. The number of hydrogen-bond donors (Lipinski definition) is 1. The van der Waals surface area contributed by atoms with Gasteiger partial charge in [0.05, 0.1) is 5.54 Å². The molecule has 1 atom stereocenters. The van der Waals surface area contributed by atoms with Crippen LogP contribution in [0.2, 0.25) is 0 Å². The third-order valence-electron chi connectivity index (χ3n) is 5.20. The SMILES string of the molecule is CC(=O)N1CCC=C(c2cc(F)ccc2F)C1(CCCN)c1ccccc1. The Kier molecular flexibility index (Phi) is 5.71. The first-order chi connectivity index (χ1) is 13.0. The maximum atomic E-state index is 14.7. The van der Waals surface area contributed by atoms with E-state index in [2.05, 4.69) is 0 Å². The van der Waals surface area contributed by atoms with Crippen LogP contribution in [0.5, 0.6) is 0 Å². The fraction of sp³-hybridized carbons (Fsp3) is 0.318. The number of hydrogen-bond acceptors (Lipinski definition) is 2. The fourth-order valence-corrected chi connectivity index (χ4v) is 4.10. The van der Waals surface area contributed by atoms with Crippen molar-refractivity contribution in [3.8, 4) is 0 Å². The molecule has 0 radical (unpaired) electrons. The van der Waals surface area contributed by atoms with Gasteiger partial charge in [-0.25, -0.2) is 8.78 Å². The molecule has 0 aliphatic carbocycles. The van der Waals surface area contributed by atoms with Gasteiger partial charge in [-0.05, 0) is 55.1 Å². The molecule has 0 bridgehead atoms. The normalized spacial score (nSPS) is 19.7. The van der Waals surface area contributed by atoms with E-state index in [0.29, 0.717) is 37.9 Å². The molecule has 0 saturated carbocycles. The van der Waals surface area contributed by atoms with Crippen LogP contribution in [0.1, 0.15) is 37.3 Å². The lowest BCUT2D eigenvalue weighted by molar-refractivity contribution is -0.134. The van der Waals surface area contributed by atoms with Crippen LogP contribution in [0.25, 0.3) is 5.57 Å². The molecule has 0 spiro atoms. The highest BCUT2D eigenvalue weighted by Crippen LogP contribution is 2.48. The van der Waals surface area contributed by atoms with Crippen molar-refractivity contribution in [2.75, 3.05) is 13.1 Å². The number of nitrogens with zero attached hydrogens (tertiary/aromatic N) is 1. The van der Waals surface area contributed by atoms with Gasteiger partial charge >= 0.3 is 0 Å². The largest absolute Gasteiger partial charge is 0.330 e. The van der Waals surface area contributed by atoms with E-state index in [1.165, 1.54) is 13.0 Å². The van der Waals surface area contributed by atoms with Crippen LogP contribution in [0, 0.1) is 11.6 Å². The van der Waals surface area contributed by atoms with Crippen LogP contribution in [0.3, 0.4) is 0 Å². The molecule has 1 amide bonds. The summed E-state index contributed by atoms with van der Waals surface area (Å²) < 4.78 is 28.7. The predicted molar refractivity (Wildman–Crippen MR) is 103 cm³/mol. The molecule has 0 saturated heterocycles. The van der Waals surface area contributed by atoms with E-state index in [1.54, 1.807) is 4.90 Å². The highest BCUT2D eigenvalue weighted by Gasteiger charge is 2.45. The molecule has 2 N–H and O–H groups in total. The maximum Gasteiger partial charge on any atom is 0.220 e. The molecule has 27 heavy (non-hydrogen) atoms. The molecular formula is C22H24F2N2O. The quantitative estimate of drug-likeness (QED) is 0.856. The molecule has 1 unspecified atom stereocenters. The minimum absolute atomic E-state index is 0.0988. The fourth-order valence-electron chi connectivity index (χ4n) is 4.10. The lowest BCUT2D eigenvalue weighted by Gasteiger charge is -2.48. The van der Waals surface area contributed by atoms with Gasteiger partial charge in [0.25, 0.3) is 0 Å². The molecule has 142 valence electrons. The first-order valence-corrected chi connectivity index (χ1v) is 9.20. The second-order valence-corrected chi connectivity index (χ2v) is 6.82. The predicted octanol–water partition coefficient (Wildman–Crippen LogP) is 4.23. The summed E-state index contributed by atoms with van der Waals surface area (Å²) >= 11 is 0. The number of amides is 1. The Morgan fingerprint density at radius 3 is 2.59 bits per heavy atom. The van der Waals surface area contributed by atoms with E-state index in [0.717, 1.165) is 17.7 Å². The summed E-state index contributed by atoms with van der Waals surface area (Å²) in [6, 6.07) is 13.0. The average Bonchev–Trinajstić information content (AvgIpc) is 2.68. The van der Waals surface area contributed by atoms with Gasteiger partial charge in [-0.3, -0.25) is 4.79 Å². The first-order valence-electron chi connectivity index (χ1n) is 9.20. The molecule has 3 nitrogen and oxygen atoms in total. The van der Waals surface area contributed by atoms with Crippen LogP contribution in [0.15, 0.2) is 54.6 Å². The molecular weight excluding hydrogens is 346 g/mol. The van der Waals surface area contributed by atoms with E-state index < -0.39 is 17.2 Å². The summed E-state index contributed by atoms with van der Waals surface area (Å²) in [5.74, 6) is -1.10. The third-order valence-corrected chi connectivity index (χ3v) is 5.20. The summed E-state index contributed by atoms with van der Waals surface area (Å²) in [6.07, 6.45) is 3.70. The Balaban J connectivity index is 2.29. The van der Waals surface area contributed by atoms with Crippen molar-refractivity contribution in [3.63, 3.8) is 0 Å². The molecule has 1 aliphatic rings. The summed E-state index contributed by atoms with van der Waals surface area (Å²) in [7, 11) is 0. The van der Waals surface area contributed by atoms with Crippen molar-refractivity contribution < 1.29 is 13.6 Å². The van der Waals surface area contributed by atoms with Crippen LogP contribution in [-0.4, -0.2) is 23.9 Å². The van der Waals surface area contributed by atoms with Crippen molar-refractivity contribution in [2.45, 2.75) is 31.7 Å². The highest BCUT2D eigenvalue weighted by molar-refractivity contribution is 5.84. The van der Waals surface area contributed by atoms with Crippen molar-refractivity contribution in [3.05, 3.63) is 77.4 Å². The Labute approximate surface area is 158 Å². The number of carbonyl (C=O) groups is 1. The molecule has 2 aromatic rings. The van der Waals surface area contributed by atoms with E-state index in [4.69, 9.17) is 5.73 Å². The van der Waals surface area contributed by atoms with Gasteiger partial charge in [0.2, 0.25) is 5.91 Å². The van der Waals surface area contributed by atoms with Gasteiger partial charge in [0, 0.05) is 19.0 Å². The van der Waals surface area contributed by atoms with Gasteiger partial charge in [0.15, 0.2) is 0 Å². The Hall–Kier alpha value is -2.53.